The second-order valence-electron chi connectivity index (χ2n) is 8.30. The van der Waals surface area contributed by atoms with E-state index in [0.29, 0.717) is 19.3 Å². The summed E-state index contributed by atoms with van der Waals surface area (Å²) < 4.78 is 0. The summed E-state index contributed by atoms with van der Waals surface area (Å²) in [6.07, 6.45) is 15.5. The Hall–Kier alpha value is -0.840. The van der Waals surface area contributed by atoms with Crippen LogP contribution in [0.4, 0.5) is 0 Å². The zero-order valence-corrected chi connectivity index (χ0v) is 17.2. The molecule has 0 radical (unpaired) electrons. The van der Waals surface area contributed by atoms with Gasteiger partial charge in [0.25, 0.3) is 0 Å². The summed E-state index contributed by atoms with van der Waals surface area (Å²) in [5.74, 6) is -0.570. The van der Waals surface area contributed by atoms with Crippen LogP contribution < -0.4 is 0 Å². The molecule has 4 nitrogen and oxygen atoms in total. The molecule has 2 aliphatic carbocycles. The smallest absolute Gasteiger partial charge is 0.303 e. The summed E-state index contributed by atoms with van der Waals surface area (Å²) in [5, 5.41) is 29.5. The fraction of sp³-hybridized carbons (Fsp3) is 0.773. The van der Waals surface area contributed by atoms with Crippen LogP contribution in [0.5, 0.6) is 0 Å². The monoisotopic (exact) mass is 398 g/mol. The Bertz CT molecular complexity index is 521. The standard InChI is InChI=1S/C22H35ClO4/c1-2-22(13-8-14-22)20(25)11-7-10-17-16(18(23)15-19(17)24)9-5-3-4-6-12-21(26)27/h3,5,7,10,16-20,24-25H,2,4,6,8-9,11-15H2,1H3,(H,26,27)/b5-3-,10-7+/t16-,17+,18+,19-,20+/m1/s1. The van der Waals surface area contributed by atoms with Gasteiger partial charge in [-0.05, 0) is 62.7 Å². The van der Waals surface area contributed by atoms with Crippen molar-refractivity contribution in [2.45, 2.75) is 88.7 Å². The van der Waals surface area contributed by atoms with Crippen molar-refractivity contribution in [2.24, 2.45) is 17.3 Å². The van der Waals surface area contributed by atoms with Gasteiger partial charge in [0.15, 0.2) is 0 Å². The van der Waals surface area contributed by atoms with Crippen molar-refractivity contribution in [3.8, 4) is 0 Å². The first-order valence-corrected chi connectivity index (χ1v) is 10.9. The number of carbonyl (C=O) groups is 1. The van der Waals surface area contributed by atoms with Crippen molar-refractivity contribution in [1.82, 2.24) is 0 Å². The third-order valence-corrected chi connectivity index (χ3v) is 7.19. The van der Waals surface area contributed by atoms with Gasteiger partial charge in [-0.1, -0.05) is 37.6 Å². The maximum atomic E-state index is 10.5. The molecule has 2 rings (SSSR count). The summed E-state index contributed by atoms with van der Waals surface area (Å²) >= 11 is 6.46. The Morgan fingerprint density at radius 1 is 1.30 bits per heavy atom. The van der Waals surface area contributed by atoms with Crippen LogP contribution in [-0.2, 0) is 4.79 Å². The third kappa shape index (κ3) is 6.07. The lowest BCUT2D eigenvalue weighted by Crippen LogP contribution is -2.40. The second-order valence-corrected chi connectivity index (χ2v) is 8.86. The van der Waals surface area contributed by atoms with Crippen LogP contribution in [-0.4, -0.2) is 38.9 Å². The van der Waals surface area contributed by atoms with Crippen molar-refractivity contribution < 1.29 is 20.1 Å². The van der Waals surface area contributed by atoms with E-state index >= 15 is 0 Å². The van der Waals surface area contributed by atoms with Gasteiger partial charge in [0.1, 0.15) is 0 Å². The predicted octanol–water partition coefficient (Wildman–Crippen LogP) is 4.68. The Labute approximate surface area is 168 Å². The number of hydrogen-bond acceptors (Lipinski definition) is 3. The van der Waals surface area contributed by atoms with Crippen LogP contribution in [0, 0.1) is 17.3 Å². The van der Waals surface area contributed by atoms with Gasteiger partial charge in [-0.2, -0.15) is 0 Å². The molecule has 2 fully saturated rings. The molecule has 0 heterocycles. The second kappa shape index (κ2) is 10.6. The van der Waals surface area contributed by atoms with Gasteiger partial charge in [0, 0.05) is 17.7 Å². The molecule has 5 heteroatoms. The van der Waals surface area contributed by atoms with Crippen LogP contribution in [0.2, 0.25) is 0 Å². The van der Waals surface area contributed by atoms with Crippen molar-refractivity contribution in [1.29, 1.82) is 0 Å². The fourth-order valence-electron chi connectivity index (χ4n) is 4.58. The molecule has 0 aromatic rings. The lowest BCUT2D eigenvalue weighted by molar-refractivity contribution is -0.137. The molecular weight excluding hydrogens is 364 g/mol. The van der Waals surface area contributed by atoms with Gasteiger partial charge in [-0.15, -0.1) is 11.6 Å². The Kier molecular flexibility index (Phi) is 8.84. The van der Waals surface area contributed by atoms with E-state index in [1.165, 1.54) is 6.42 Å². The largest absolute Gasteiger partial charge is 0.481 e. The Balaban J connectivity index is 1.83. The van der Waals surface area contributed by atoms with E-state index in [-0.39, 0.29) is 35.2 Å². The maximum Gasteiger partial charge on any atom is 0.303 e. The van der Waals surface area contributed by atoms with Crippen molar-refractivity contribution in [3.63, 3.8) is 0 Å². The molecule has 2 aliphatic rings. The molecule has 0 aliphatic heterocycles. The summed E-state index contributed by atoms with van der Waals surface area (Å²) in [5.41, 5.74) is 0.103. The average Bonchev–Trinajstić information content (AvgIpc) is 2.84. The van der Waals surface area contributed by atoms with Crippen LogP contribution in [0.15, 0.2) is 24.3 Å². The maximum absolute atomic E-state index is 10.5. The Morgan fingerprint density at radius 3 is 2.63 bits per heavy atom. The first kappa shape index (κ1) is 22.4. The molecule has 0 amide bonds. The fourth-order valence-corrected chi connectivity index (χ4v) is 5.03. The Morgan fingerprint density at radius 2 is 2.04 bits per heavy atom. The average molecular weight is 399 g/mol. The molecule has 0 spiro atoms. The number of carboxylic acids is 1. The quantitative estimate of drug-likeness (QED) is 0.268. The topological polar surface area (TPSA) is 77.8 Å². The summed E-state index contributed by atoms with van der Waals surface area (Å²) in [4.78, 5) is 10.5. The van der Waals surface area contributed by atoms with E-state index in [4.69, 9.17) is 16.7 Å². The van der Waals surface area contributed by atoms with E-state index in [2.05, 4.69) is 19.1 Å². The summed E-state index contributed by atoms with van der Waals surface area (Å²) in [6, 6.07) is 0. The number of unbranched alkanes of at least 4 members (excludes halogenated alkanes) is 1. The molecule has 0 bridgehead atoms. The van der Waals surface area contributed by atoms with Crippen molar-refractivity contribution in [2.75, 3.05) is 0 Å². The van der Waals surface area contributed by atoms with Gasteiger partial charge >= 0.3 is 5.97 Å². The molecule has 5 atom stereocenters. The zero-order chi connectivity index (χ0) is 19.9. The first-order chi connectivity index (χ1) is 12.9. The van der Waals surface area contributed by atoms with E-state index in [1.54, 1.807) is 0 Å². The summed E-state index contributed by atoms with van der Waals surface area (Å²) in [6.45, 7) is 2.16. The van der Waals surface area contributed by atoms with Crippen molar-refractivity contribution >= 4 is 17.6 Å². The lowest BCUT2D eigenvalue weighted by Gasteiger charge is -2.45. The molecular formula is C22H35ClO4. The minimum absolute atomic E-state index is 0.0161. The number of aliphatic hydroxyl groups is 2. The number of aliphatic hydroxyl groups excluding tert-OH is 2. The van der Waals surface area contributed by atoms with Gasteiger partial charge in [-0.3, -0.25) is 4.79 Å². The van der Waals surface area contributed by atoms with E-state index in [9.17, 15) is 15.0 Å². The molecule has 2 saturated carbocycles. The number of aliphatic carboxylic acids is 1. The van der Waals surface area contributed by atoms with Crippen LogP contribution in [0.1, 0.15) is 71.1 Å². The molecule has 0 saturated heterocycles. The molecule has 154 valence electrons. The van der Waals surface area contributed by atoms with E-state index < -0.39 is 12.1 Å². The van der Waals surface area contributed by atoms with Crippen molar-refractivity contribution in [3.05, 3.63) is 24.3 Å². The summed E-state index contributed by atoms with van der Waals surface area (Å²) in [7, 11) is 0. The number of hydrogen-bond donors (Lipinski definition) is 3. The van der Waals surface area contributed by atoms with Crippen LogP contribution in [0.3, 0.4) is 0 Å². The zero-order valence-electron chi connectivity index (χ0n) is 16.4. The minimum Gasteiger partial charge on any atom is -0.481 e. The highest BCUT2D eigenvalue weighted by Crippen LogP contribution is 2.47. The molecule has 3 N–H and O–H groups in total. The highest BCUT2D eigenvalue weighted by atomic mass is 35.5. The number of carboxylic acid groups (broad SMARTS) is 1. The number of alkyl halides is 1. The van der Waals surface area contributed by atoms with Gasteiger partial charge < -0.3 is 15.3 Å². The van der Waals surface area contributed by atoms with Gasteiger partial charge in [0.05, 0.1) is 12.2 Å². The van der Waals surface area contributed by atoms with Gasteiger partial charge in [0.2, 0.25) is 0 Å². The number of halogens is 1. The number of allylic oxidation sites excluding steroid dienone is 2. The van der Waals surface area contributed by atoms with Crippen LogP contribution >= 0.6 is 11.6 Å². The predicted molar refractivity (Wildman–Crippen MR) is 109 cm³/mol. The van der Waals surface area contributed by atoms with Crippen LogP contribution in [0.25, 0.3) is 0 Å². The highest BCUT2D eigenvalue weighted by Gasteiger charge is 2.42. The number of rotatable bonds is 11. The molecule has 0 unspecified atom stereocenters. The first-order valence-electron chi connectivity index (χ1n) is 10.4. The van der Waals surface area contributed by atoms with E-state index in [1.807, 2.05) is 12.2 Å². The van der Waals surface area contributed by atoms with E-state index in [0.717, 1.165) is 32.1 Å². The normalized spacial score (nSPS) is 31.4. The highest BCUT2D eigenvalue weighted by molar-refractivity contribution is 6.21. The molecule has 0 aromatic heterocycles. The third-order valence-electron chi connectivity index (χ3n) is 6.68. The SMILES string of the molecule is CCC1([C@@H](O)C/C=C/[C@H]2[C@@H](C/C=C\CCCC(=O)O)[C@@H](Cl)C[C@H]2O)CCC1. The minimum atomic E-state index is -0.762. The lowest BCUT2D eigenvalue weighted by atomic mass is 9.63. The molecule has 0 aromatic carbocycles. The van der Waals surface area contributed by atoms with Gasteiger partial charge in [-0.25, -0.2) is 0 Å². The molecule has 27 heavy (non-hydrogen) atoms.